The van der Waals surface area contributed by atoms with Crippen LogP contribution in [0.15, 0.2) is 0 Å². The Hall–Kier alpha value is -0.160. The number of ether oxygens (including phenoxy) is 1. The van der Waals surface area contributed by atoms with Gasteiger partial charge in [0, 0.05) is 6.61 Å². The second kappa shape index (κ2) is 6.35. The summed E-state index contributed by atoms with van der Waals surface area (Å²) in [7, 11) is 0. The van der Waals surface area contributed by atoms with Crippen molar-refractivity contribution in [3.8, 4) is 0 Å². The predicted octanol–water partition coefficient (Wildman–Crippen LogP) is -0.269. The van der Waals surface area contributed by atoms with Crippen molar-refractivity contribution in [1.29, 1.82) is 0 Å². The summed E-state index contributed by atoms with van der Waals surface area (Å²) in [6.45, 7) is 1.39. The van der Waals surface area contributed by atoms with Gasteiger partial charge in [0.25, 0.3) is 0 Å². The number of aliphatic hydroxyl groups is 2. The quantitative estimate of drug-likeness (QED) is 0.555. The topological polar surface area (TPSA) is 75.7 Å². The second-order valence-electron chi connectivity index (χ2n) is 4.06. The van der Waals surface area contributed by atoms with E-state index in [1.54, 1.807) is 0 Å². The van der Waals surface area contributed by atoms with Crippen LogP contribution in [-0.2, 0) is 4.74 Å². The van der Waals surface area contributed by atoms with Gasteiger partial charge < -0.3 is 20.7 Å². The van der Waals surface area contributed by atoms with Gasteiger partial charge in [-0.25, -0.2) is 0 Å². The van der Waals surface area contributed by atoms with Gasteiger partial charge in [0.2, 0.25) is 0 Å². The van der Waals surface area contributed by atoms with Crippen molar-refractivity contribution in [3.63, 3.8) is 0 Å². The Balaban J connectivity index is 2.11. The maximum absolute atomic E-state index is 9.06. The van der Waals surface area contributed by atoms with E-state index in [0.717, 1.165) is 6.54 Å². The van der Waals surface area contributed by atoms with Crippen molar-refractivity contribution < 1.29 is 14.9 Å². The molecule has 0 radical (unpaired) electrons. The number of hydrogen-bond acceptors (Lipinski definition) is 4. The van der Waals surface area contributed by atoms with Crippen LogP contribution in [0.3, 0.4) is 0 Å². The van der Waals surface area contributed by atoms with Crippen LogP contribution < -0.4 is 5.73 Å². The highest BCUT2D eigenvalue weighted by molar-refractivity contribution is 4.77. The summed E-state index contributed by atoms with van der Waals surface area (Å²) in [6.07, 6.45) is 2.87. The van der Waals surface area contributed by atoms with E-state index in [1.165, 1.54) is 19.3 Å². The fourth-order valence-electron chi connectivity index (χ4n) is 2.05. The molecule has 1 fully saturated rings. The van der Waals surface area contributed by atoms with Gasteiger partial charge >= 0.3 is 0 Å². The summed E-state index contributed by atoms with van der Waals surface area (Å²) in [5.41, 5.74) is 5.64. The molecule has 1 aliphatic carbocycles. The zero-order chi connectivity index (χ0) is 10.4. The molecular formula is C10H21NO3. The lowest BCUT2D eigenvalue weighted by atomic mass is 9.97. The Kier molecular flexibility index (Phi) is 5.40. The van der Waals surface area contributed by atoms with E-state index in [9.17, 15) is 0 Å². The van der Waals surface area contributed by atoms with Gasteiger partial charge in [-0.05, 0) is 31.2 Å². The fourth-order valence-corrected chi connectivity index (χ4v) is 2.05. The molecule has 3 atom stereocenters. The first-order chi connectivity index (χ1) is 6.77. The third kappa shape index (κ3) is 3.53. The minimum absolute atomic E-state index is 0.226. The van der Waals surface area contributed by atoms with Gasteiger partial charge in [-0.3, -0.25) is 0 Å². The third-order valence-corrected chi connectivity index (χ3v) is 2.97. The average Bonchev–Trinajstić information content (AvgIpc) is 2.65. The van der Waals surface area contributed by atoms with Crippen LogP contribution in [0.2, 0.25) is 0 Å². The molecule has 3 unspecified atom stereocenters. The van der Waals surface area contributed by atoms with Crippen LogP contribution in [0, 0.1) is 11.8 Å². The summed E-state index contributed by atoms with van der Waals surface area (Å²) in [5.74, 6) is 1.13. The van der Waals surface area contributed by atoms with Gasteiger partial charge in [-0.15, -0.1) is 0 Å². The number of rotatable bonds is 6. The first kappa shape index (κ1) is 11.9. The van der Waals surface area contributed by atoms with Crippen molar-refractivity contribution in [3.05, 3.63) is 0 Å². The highest BCUT2D eigenvalue weighted by atomic mass is 16.5. The average molecular weight is 203 g/mol. The third-order valence-electron chi connectivity index (χ3n) is 2.97. The molecule has 0 heterocycles. The predicted molar refractivity (Wildman–Crippen MR) is 53.8 cm³/mol. The molecule has 4 nitrogen and oxygen atoms in total. The Morgan fingerprint density at radius 1 is 1.36 bits per heavy atom. The molecule has 0 saturated heterocycles. The molecule has 0 amide bonds. The van der Waals surface area contributed by atoms with E-state index in [1.807, 2.05) is 0 Å². The van der Waals surface area contributed by atoms with Crippen molar-refractivity contribution in [2.75, 3.05) is 26.4 Å². The molecule has 0 aromatic rings. The number of hydrogen-bond donors (Lipinski definition) is 3. The van der Waals surface area contributed by atoms with Crippen LogP contribution >= 0.6 is 0 Å². The van der Waals surface area contributed by atoms with Crippen LogP contribution in [0.4, 0.5) is 0 Å². The Morgan fingerprint density at radius 2 is 2.07 bits per heavy atom. The van der Waals surface area contributed by atoms with Crippen LogP contribution in [-0.4, -0.2) is 42.7 Å². The summed E-state index contributed by atoms with van der Waals surface area (Å²) in [5, 5.41) is 17.6. The number of nitrogens with two attached hydrogens (primary N) is 1. The molecule has 1 rings (SSSR count). The van der Waals surface area contributed by atoms with Crippen molar-refractivity contribution in [2.24, 2.45) is 17.6 Å². The monoisotopic (exact) mass is 203 g/mol. The molecule has 0 aromatic carbocycles. The van der Waals surface area contributed by atoms with Gasteiger partial charge in [0.05, 0.1) is 13.2 Å². The molecule has 84 valence electrons. The fraction of sp³-hybridized carbons (Fsp3) is 1.00. The van der Waals surface area contributed by atoms with Gasteiger partial charge in [0.15, 0.2) is 0 Å². The smallest absolute Gasteiger partial charge is 0.100 e. The first-order valence-electron chi connectivity index (χ1n) is 5.34. The molecule has 4 N–H and O–H groups in total. The lowest BCUT2D eigenvalue weighted by Crippen LogP contribution is -2.25. The van der Waals surface area contributed by atoms with Gasteiger partial charge in [0.1, 0.15) is 6.10 Å². The normalized spacial score (nSPS) is 29.4. The van der Waals surface area contributed by atoms with E-state index in [-0.39, 0.29) is 13.2 Å². The molecule has 0 bridgehead atoms. The Morgan fingerprint density at radius 3 is 2.71 bits per heavy atom. The standard InChI is InChI=1S/C10H21NO3/c11-4-8-2-1-3-9(8)6-14-7-10(13)5-12/h8-10,12-13H,1-7,11H2. The summed E-state index contributed by atoms with van der Waals surface area (Å²) in [6, 6.07) is 0. The lowest BCUT2D eigenvalue weighted by molar-refractivity contribution is -0.00813. The highest BCUT2D eigenvalue weighted by Gasteiger charge is 2.26. The van der Waals surface area contributed by atoms with Gasteiger partial charge in [-0.1, -0.05) is 6.42 Å². The van der Waals surface area contributed by atoms with E-state index in [0.29, 0.717) is 18.4 Å². The zero-order valence-corrected chi connectivity index (χ0v) is 8.56. The zero-order valence-electron chi connectivity index (χ0n) is 8.56. The summed E-state index contributed by atoms with van der Waals surface area (Å²) in [4.78, 5) is 0. The largest absolute Gasteiger partial charge is 0.394 e. The molecule has 1 saturated carbocycles. The van der Waals surface area contributed by atoms with E-state index >= 15 is 0 Å². The maximum atomic E-state index is 9.06. The maximum Gasteiger partial charge on any atom is 0.100 e. The molecule has 14 heavy (non-hydrogen) atoms. The van der Waals surface area contributed by atoms with E-state index in [4.69, 9.17) is 20.7 Å². The molecule has 1 aliphatic rings. The minimum atomic E-state index is -0.743. The summed E-state index contributed by atoms with van der Waals surface area (Å²) < 4.78 is 5.34. The summed E-state index contributed by atoms with van der Waals surface area (Å²) >= 11 is 0. The van der Waals surface area contributed by atoms with Crippen molar-refractivity contribution in [1.82, 2.24) is 0 Å². The van der Waals surface area contributed by atoms with Crippen LogP contribution in [0.25, 0.3) is 0 Å². The van der Waals surface area contributed by atoms with Crippen molar-refractivity contribution >= 4 is 0 Å². The molecule has 4 heteroatoms. The van der Waals surface area contributed by atoms with Crippen LogP contribution in [0.1, 0.15) is 19.3 Å². The first-order valence-corrected chi connectivity index (χ1v) is 5.34. The SMILES string of the molecule is NCC1CCCC1COCC(O)CO. The lowest BCUT2D eigenvalue weighted by Gasteiger charge is -2.18. The Labute approximate surface area is 85.1 Å². The highest BCUT2D eigenvalue weighted by Crippen LogP contribution is 2.30. The minimum Gasteiger partial charge on any atom is -0.394 e. The van der Waals surface area contributed by atoms with E-state index < -0.39 is 6.10 Å². The second-order valence-corrected chi connectivity index (χ2v) is 4.06. The Bertz CT molecular complexity index is 154. The van der Waals surface area contributed by atoms with Crippen molar-refractivity contribution in [2.45, 2.75) is 25.4 Å². The number of aliphatic hydroxyl groups excluding tert-OH is 2. The van der Waals surface area contributed by atoms with Gasteiger partial charge in [-0.2, -0.15) is 0 Å². The molecule has 0 aliphatic heterocycles. The molecule has 0 spiro atoms. The van der Waals surface area contributed by atoms with Crippen LogP contribution in [0.5, 0.6) is 0 Å². The van der Waals surface area contributed by atoms with E-state index in [2.05, 4.69) is 0 Å². The molecule has 0 aromatic heterocycles. The molecular weight excluding hydrogens is 182 g/mol.